The molecule has 3 heteroatoms. The van der Waals surface area contributed by atoms with Gasteiger partial charge in [-0.25, -0.2) is 0 Å². The maximum Gasteiger partial charge on any atom is 0.0307 e. The van der Waals surface area contributed by atoms with Crippen molar-refractivity contribution in [1.29, 1.82) is 0 Å². The lowest BCUT2D eigenvalue weighted by molar-refractivity contribution is 0.0316. The molecule has 0 aromatic heterocycles. The molecular formula is C17H27BrN2. The van der Waals surface area contributed by atoms with Gasteiger partial charge in [0.2, 0.25) is 0 Å². The van der Waals surface area contributed by atoms with Gasteiger partial charge in [0, 0.05) is 35.7 Å². The Labute approximate surface area is 132 Å². The van der Waals surface area contributed by atoms with Crippen LogP contribution in [0.1, 0.15) is 39.7 Å². The lowest BCUT2D eigenvalue weighted by atomic mass is 9.89. The molecule has 1 heterocycles. The average Bonchev–Trinajstić information content (AvgIpc) is 2.41. The molecule has 1 fully saturated rings. The molecule has 2 unspecified atom stereocenters. The minimum Gasteiger partial charge on any atom is -0.311 e. The summed E-state index contributed by atoms with van der Waals surface area (Å²) in [5, 5.41) is 3.74. The van der Waals surface area contributed by atoms with Crippen molar-refractivity contribution in [1.82, 2.24) is 10.2 Å². The highest BCUT2D eigenvalue weighted by atomic mass is 79.9. The van der Waals surface area contributed by atoms with Crippen LogP contribution in [0.5, 0.6) is 0 Å². The van der Waals surface area contributed by atoms with E-state index < -0.39 is 0 Å². The van der Waals surface area contributed by atoms with Gasteiger partial charge in [0.15, 0.2) is 0 Å². The summed E-state index contributed by atoms with van der Waals surface area (Å²) in [6, 6.07) is 9.29. The molecule has 0 bridgehead atoms. The average molecular weight is 339 g/mol. The number of rotatable bonds is 4. The number of hydrogen-bond donors (Lipinski definition) is 1. The maximum absolute atomic E-state index is 3.74. The zero-order valence-electron chi connectivity index (χ0n) is 13.1. The van der Waals surface area contributed by atoms with Gasteiger partial charge in [-0.2, -0.15) is 0 Å². The van der Waals surface area contributed by atoms with Crippen molar-refractivity contribution >= 4 is 15.9 Å². The van der Waals surface area contributed by atoms with Gasteiger partial charge in [0.25, 0.3) is 0 Å². The number of benzene rings is 1. The molecule has 1 aliphatic rings. The lowest BCUT2D eigenvalue weighted by Crippen LogP contribution is -2.63. The second kappa shape index (κ2) is 6.59. The number of hydrogen-bond acceptors (Lipinski definition) is 2. The van der Waals surface area contributed by atoms with Crippen LogP contribution in [-0.4, -0.2) is 29.6 Å². The summed E-state index contributed by atoms with van der Waals surface area (Å²) in [5.41, 5.74) is 1.65. The minimum absolute atomic E-state index is 0.258. The van der Waals surface area contributed by atoms with Gasteiger partial charge in [0.1, 0.15) is 0 Å². The summed E-state index contributed by atoms with van der Waals surface area (Å²) in [6.07, 6.45) is 1.18. The Morgan fingerprint density at radius 2 is 2.20 bits per heavy atom. The predicted octanol–water partition coefficient (Wildman–Crippen LogP) is 4.05. The van der Waals surface area contributed by atoms with Crippen LogP contribution in [0.2, 0.25) is 0 Å². The highest BCUT2D eigenvalue weighted by Crippen LogP contribution is 2.27. The van der Waals surface area contributed by atoms with Crippen LogP contribution in [0.15, 0.2) is 28.7 Å². The second-order valence-corrected chi connectivity index (χ2v) is 7.51. The van der Waals surface area contributed by atoms with E-state index in [0.29, 0.717) is 12.0 Å². The molecule has 1 aromatic carbocycles. The molecule has 2 rings (SSSR count). The molecular weight excluding hydrogens is 312 g/mol. The molecule has 1 aromatic rings. The summed E-state index contributed by atoms with van der Waals surface area (Å²) >= 11 is 3.58. The predicted molar refractivity (Wildman–Crippen MR) is 89.9 cm³/mol. The van der Waals surface area contributed by atoms with Gasteiger partial charge in [-0.05, 0) is 37.0 Å². The van der Waals surface area contributed by atoms with E-state index in [0.717, 1.165) is 19.6 Å². The molecule has 1 saturated heterocycles. The first-order valence-corrected chi connectivity index (χ1v) is 8.47. The summed E-state index contributed by atoms with van der Waals surface area (Å²) in [7, 11) is 0. The van der Waals surface area contributed by atoms with Crippen molar-refractivity contribution in [2.75, 3.05) is 13.1 Å². The van der Waals surface area contributed by atoms with Crippen LogP contribution in [0.25, 0.3) is 0 Å². The fraction of sp³-hybridized carbons (Fsp3) is 0.647. The summed E-state index contributed by atoms with van der Waals surface area (Å²) in [4.78, 5) is 2.66. The van der Waals surface area contributed by atoms with E-state index in [4.69, 9.17) is 0 Å². The molecule has 112 valence electrons. The first-order valence-electron chi connectivity index (χ1n) is 7.67. The molecule has 2 atom stereocenters. The fourth-order valence-electron chi connectivity index (χ4n) is 2.89. The van der Waals surface area contributed by atoms with Crippen LogP contribution < -0.4 is 5.32 Å². The monoisotopic (exact) mass is 338 g/mol. The van der Waals surface area contributed by atoms with Crippen LogP contribution in [0.4, 0.5) is 0 Å². The van der Waals surface area contributed by atoms with E-state index >= 15 is 0 Å². The van der Waals surface area contributed by atoms with Crippen molar-refractivity contribution in [3.63, 3.8) is 0 Å². The van der Waals surface area contributed by atoms with Gasteiger partial charge in [0.05, 0.1) is 0 Å². The van der Waals surface area contributed by atoms with Crippen molar-refractivity contribution in [2.45, 2.75) is 52.2 Å². The van der Waals surface area contributed by atoms with Crippen molar-refractivity contribution in [3.8, 4) is 0 Å². The SMILES string of the molecule is CCC1(C)CNC(C(C)C)CN1Cc1cccc(Br)c1. The van der Waals surface area contributed by atoms with E-state index in [-0.39, 0.29) is 5.54 Å². The smallest absolute Gasteiger partial charge is 0.0307 e. The molecule has 0 aliphatic carbocycles. The van der Waals surface area contributed by atoms with Crippen molar-refractivity contribution < 1.29 is 0 Å². The van der Waals surface area contributed by atoms with Crippen LogP contribution in [0.3, 0.4) is 0 Å². The third-order valence-corrected chi connectivity index (χ3v) is 5.25. The number of nitrogens with zero attached hydrogens (tertiary/aromatic N) is 1. The van der Waals surface area contributed by atoms with Crippen LogP contribution >= 0.6 is 15.9 Å². The highest BCUT2D eigenvalue weighted by molar-refractivity contribution is 9.10. The Hall–Kier alpha value is -0.380. The molecule has 0 radical (unpaired) electrons. The number of halogens is 1. The normalized spacial score (nSPS) is 28.0. The molecule has 0 saturated carbocycles. The van der Waals surface area contributed by atoms with Crippen molar-refractivity contribution in [2.24, 2.45) is 5.92 Å². The second-order valence-electron chi connectivity index (χ2n) is 6.59. The Kier molecular flexibility index (Phi) is 5.27. The molecule has 20 heavy (non-hydrogen) atoms. The standard InChI is InChI=1S/C17H27BrN2/c1-5-17(4)12-19-16(13(2)3)11-20(17)10-14-7-6-8-15(18)9-14/h6-9,13,16,19H,5,10-12H2,1-4H3. The quantitative estimate of drug-likeness (QED) is 0.890. The molecule has 0 amide bonds. The van der Waals surface area contributed by atoms with E-state index in [1.807, 2.05) is 0 Å². The highest BCUT2D eigenvalue weighted by Gasteiger charge is 2.36. The van der Waals surface area contributed by atoms with E-state index in [2.05, 4.69) is 78.1 Å². The zero-order valence-corrected chi connectivity index (χ0v) is 14.7. The van der Waals surface area contributed by atoms with Crippen LogP contribution in [0, 0.1) is 5.92 Å². The van der Waals surface area contributed by atoms with Gasteiger partial charge in [-0.15, -0.1) is 0 Å². The lowest BCUT2D eigenvalue weighted by Gasteiger charge is -2.49. The Morgan fingerprint density at radius 1 is 1.45 bits per heavy atom. The molecule has 1 aliphatic heterocycles. The third-order valence-electron chi connectivity index (χ3n) is 4.75. The Balaban J connectivity index is 2.15. The topological polar surface area (TPSA) is 15.3 Å². The summed E-state index contributed by atoms with van der Waals surface area (Å²) in [6.45, 7) is 12.6. The maximum atomic E-state index is 3.74. The third kappa shape index (κ3) is 3.63. The number of nitrogens with one attached hydrogen (secondary N) is 1. The van der Waals surface area contributed by atoms with E-state index in [9.17, 15) is 0 Å². The van der Waals surface area contributed by atoms with Gasteiger partial charge >= 0.3 is 0 Å². The first kappa shape index (κ1) is 16.0. The Morgan fingerprint density at radius 3 is 2.80 bits per heavy atom. The van der Waals surface area contributed by atoms with Gasteiger partial charge < -0.3 is 5.32 Å². The zero-order chi connectivity index (χ0) is 14.8. The first-order chi connectivity index (χ1) is 9.44. The molecule has 0 spiro atoms. The summed E-state index contributed by atoms with van der Waals surface area (Å²) in [5.74, 6) is 0.682. The van der Waals surface area contributed by atoms with Gasteiger partial charge in [-0.1, -0.05) is 48.8 Å². The fourth-order valence-corrected chi connectivity index (χ4v) is 3.34. The van der Waals surface area contributed by atoms with E-state index in [1.165, 1.54) is 16.5 Å². The Bertz CT molecular complexity index is 446. The van der Waals surface area contributed by atoms with E-state index in [1.54, 1.807) is 0 Å². The molecule has 1 N–H and O–H groups in total. The molecule has 2 nitrogen and oxygen atoms in total. The minimum atomic E-state index is 0.258. The van der Waals surface area contributed by atoms with Crippen LogP contribution in [-0.2, 0) is 6.54 Å². The number of piperazine rings is 1. The largest absolute Gasteiger partial charge is 0.311 e. The summed E-state index contributed by atoms with van der Waals surface area (Å²) < 4.78 is 1.17. The van der Waals surface area contributed by atoms with Crippen molar-refractivity contribution in [3.05, 3.63) is 34.3 Å². The van der Waals surface area contributed by atoms with Gasteiger partial charge in [-0.3, -0.25) is 4.90 Å².